The van der Waals surface area contributed by atoms with Crippen LogP contribution in [0.1, 0.15) is 34.6 Å². The van der Waals surface area contributed by atoms with Gasteiger partial charge in [0.05, 0.1) is 44.1 Å². The van der Waals surface area contributed by atoms with Gasteiger partial charge in [0.25, 0.3) is 0 Å². The molecule has 0 bridgehead atoms. The number of morpholine rings is 1. The van der Waals surface area contributed by atoms with Gasteiger partial charge in [-0.25, -0.2) is 9.59 Å². The third-order valence-corrected chi connectivity index (χ3v) is 3.92. The van der Waals surface area contributed by atoms with Crippen molar-refractivity contribution in [2.45, 2.75) is 26.1 Å². The Bertz CT molecular complexity index is 646. The van der Waals surface area contributed by atoms with Crippen LogP contribution in [0.2, 0.25) is 0 Å². The van der Waals surface area contributed by atoms with Crippen molar-refractivity contribution in [3.8, 4) is 0 Å². The number of esters is 2. The van der Waals surface area contributed by atoms with Crippen LogP contribution in [0.25, 0.3) is 0 Å². The molecule has 2 atom stereocenters. The van der Waals surface area contributed by atoms with E-state index in [2.05, 4.69) is 14.8 Å². The lowest BCUT2D eigenvalue weighted by molar-refractivity contribution is -0.121. The van der Waals surface area contributed by atoms with Crippen LogP contribution in [-0.4, -0.2) is 68.8 Å². The molecule has 1 aromatic rings. The van der Waals surface area contributed by atoms with E-state index >= 15 is 0 Å². The number of nitrogens with zero attached hydrogens (tertiary/aromatic N) is 1. The minimum absolute atomic E-state index is 0.0557. The number of nitrogens with one attached hydrogen (secondary N) is 1. The van der Waals surface area contributed by atoms with E-state index in [0.717, 1.165) is 0 Å². The van der Waals surface area contributed by atoms with Crippen LogP contribution in [0.4, 0.5) is 5.69 Å². The summed E-state index contributed by atoms with van der Waals surface area (Å²) in [4.78, 5) is 38.0. The van der Waals surface area contributed by atoms with Gasteiger partial charge in [0.2, 0.25) is 5.91 Å². The fourth-order valence-electron chi connectivity index (χ4n) is 2.99. The van der Waals surface area contributed by atoms with E-state index in [4.69, 9.17) is 4.74 Å². The molecule has 0 aromatic heterocycles. The van der Waals surface area contributed by atoms with Crippen LogP contribution in [0.5, 0.6) is 0 Å². The Morgan fingerprint density at radius 3 is 2.00 bits per heavy atom. The zero-order valence-corrected chi connectivity index (χ0v) is 15.4. The lowest BCUT2D eigenvalue weighted by Crippen LogP contribution is -2.48. The predicted octanol–water partition coefficient (Wildman–Crippen LogP) is 1.31. The standard InChI is InChI=1S/C18H24N2O6/c1-11-8-20(9-12(2)26-11)10-16(21)19-15-6-13(17(22)24-3)5-14(7-15)18(23)25-4/h5-7,11-12H,8-10H2,1-4H3,(H,19,21)/t11-,12+. The summed E-state index contributed by atoms with van der Waals surface area (Å²) in [6, 6.07) is 4.28. The second kappa shape index (κ2) is 8.77. The van der Waals surface area contributed by atoms with Crippen molar-refractivity contribution in [2.24, 2.45) is 0 Å². The Labute approximate surface area is 152 Å². The molecule has 1 fully saturated rings. The summed E-state index contributed by atoms with van der Waals surface area (Å²) in [5.74, 6) is -1.46. The highest BCUT2D eigenvalue weighted by Crippen LogP contribution is 2.17. The lowest BCUT2D eigenvalue weighted by Gasteiger charge is -2.34. The van der Waals surface area contributed by atoms with Gasteiger partial charge in [-0.1, -0.05) is 0 Å². The molecule has 1 saturated heterocycles. The van der Waals surface area contributed by atoms with Crippen molar-refractivity contribution in [3.05, 3.63) is 29.3 Å². The molecule has 0 radical (unpaired) electrons. The highest BCUT2D eigenvalue weighted by molar-refractivity contribution is 5.99. The van der Waals surface area contributed by atoms with E-state index in [-0.39, 0.29) is 35.8 Å². The molecule has 1 aromatic carbocycles. The molecule has 0 aliphatic carbocycles. The highest BCUT2D eigenvalue weighted by Gasteiger charge is 2.24. The average Bonchev–Trinajstić information content (AvgIpc) is 2.58. The Morgan fingerprint density at radius 1 is 1.04 bits per heavy atom. The van der Waals surface area contributed by atoms with Crippen molar-refractivity contribution in [3.63, 3.8) is 0 Å². The molecular weight excluding hydrogens is 340 g/mol. The van der Waals surface area contributed by atoms with Crippen molar-refractivity contribution in [1.29, 1.82) is 0 Å². The van der Waals surface area contributed by atoms with Crippen molar-refractivity contribution >= 4 is 23.5 Å². The minimum Gasteiger partial charge on any atom is -0.465 e. The van der Waals surface area contributed by atoms with Crippen LogP contribution in [0, 0.1) is 0 Å². The topological polar surface area (TPSA) is 94.2 Å². The molecular formula is C18H24N2O6. The molecule has 0 spiro atoms. The number of methoxy groups -OCH3 is 2. The Balaban J connectivity index is 2.12. The van der Waals surface area contributed by atoms with E-state index in [1.807, 2.05) is 18.7 Å². The van der Waals surface area contributed by atoms with Crippen LogP contribution in [0.15, 0.2) is 18.2 Å². The van der Waals surface area contributed by atoms with Gasteiger partial charge in [0.1, 0.15) is 0 Å². The van der Waals surface area contributed by atoms with E-state index in [0.29, 0.717) is 18.8 Å². The maximum atomic E-state index is 12.4. The molecule has 2 rings (SSSR count). The summed E-state index contributed by atoms with van der Waals surface area (Å²) < 4.78 is 15.0. The van der Waals surface area contributed by atoms with E-state index in [1.165, 1.54) is 32.4 Å². The number of amides is 1. The van der Waals surface area contributed by atoms with Crippen molar-refractivity contribution in [2.75, 3.05) is 39.2 Å². The fraction of sp³-hybridized carbons (Fsp3) is 0.500. The van der Waals surface area contributed by atoms with Crippen LogP contribution >= 0.6 is 0 Å². The molecule has 1 N–H and O–H groups in total. The molecule has 8 nitrogen and oxygen atoms in total. The first-order valence-electron chi connectivity index (χ1n) is 8.31. The zero-order chi connectivity index (χ0) is 19.3. The summed E-state index contributed by atoms with van der Waals surface area (Å²) in [5.41, 5.74) is 0.631. The predicted molar refractivity (Wildman–Crippen MR) is 94.2 cm³/mol. The average molecular weight is 364 g/mol. The van der Waals surface area contributed by atoms with Gasteiger partial charge in [-0.05, 0) is 32.0 Å². The lowest BCUT2D eigenvalue weighted by atomic mass is 10.1. The van der Waals surface area contributed by atoms with Crippen LogP contribution in [-0.2, 0) is 19.0 Å². The first-order valence-corrected chi connectivity index (χ1v) is 8.31. The minimum atomic E-state index is -0.609. The van der Waals surface area contributed by atoms with Crippen molar-refractivity contribution in [1.82, 2.24) is 4.90 Å². The molecule has 0 unspecified atom stereocenters. The van der Waals surface area contributed by atoms with Gasteiger partial charge in [0.15, 0.2) is 0 Å². The van der Waals surface area contributed by atoms with E-state index in [1.54, 1.807) is 0 Å². The maximum Gasteiger partial charge on any atom is 0.337 e. The zero-order valence-electron chi connectivity index (χ0n) is 15.4. The molecule has 0 saturated carbocycles. The first-order chi connectivity index (χ1) is 12.3. The largest absolute Gasteiger partial charge is 0.465 e. The summed E-state index contributed by atoms with van der Waals surface area (Å²) in [5, 5.41) is 2.72. The Morgan fingerprint density at radius 2 is 1.54 bits per heavy atom. The van der Waals surface area contributed by atoms with Gasteiger partial charge in [-0.15, -0.1) is 0 Å². The van der Waals surface area contributed by atoms with Gasteiger partial charge in [-0.3, -0.25) is 9.69 Å². The molecule has 26 heavy (non-hydrogen) atoms. The number of rotatable bonds is 5. The van der Waals surface area contributed by atoms with Gasteiger partial charge in [0, 0.05) is 18.8 Å². The van der Waals surface area contributed by atoms with Crippen LogP contribution < -0.4 is 5.32 Å². The number of hydrogen-bond donors (Lipinski definition) is 1. The summed E-state index contributed by atoms with van der Waals surface area (Å²) >= 11 is 0. The number of benzene rings is 1. The van der Waals surface area contributed by atoms with E-state index in [9.17, 15) is 14.4 Å². The number of hydrogen-bond acceptors (Lipinski definition) is 7. The summed E-state index contributed by atoms with van der Waals surface area (Å²) in [6.07, 6.45) is 0.111. The van der Waals surface area contributed by atoms with E-state index < -0.39 is 11.9 Å². The SMILES string of the molecule is COC(=O)c1cc(NC(=O)CN2C[C@@H](C)O[C@@H](C)C2)cc(C(=O)OC)c1. The third kappa shape index (κ3) is 5.27. The van der Waals surface area contributed by atoms with Gasteiger partial charge < -0.3 is 19.5 Å². The molecule has 1 heterocycles. The number of carbonyl (C=O) groups is 3. The Hall–Kier alpha value is -2.45. The molecule has 8 heteroatoms. The van der Waals surface area contributed by atoms with Crippen LogP contribution in [0.3, 0.4) is 0 Å². The Kier molecular flexibility index (Phi) is 6.70. The second-order valence-electron chi connectivity index (χ2n) is 6.28. The van der Waals surface area contributed by atoms with Crippen molar-refractivity contribution < 1.29 is 28.6 Å². The van der Waals surface area contributed by atoms with Gasteiger partial charge in [-0.2, -0.15) is 0 Å². The fourth-order valence-corrected chi connectivity index (χ4v) is 2.99. The number of carbonyl (C=O) groups excluding carboxylic acids is 3. The second-order valence-corrected chi connectivity index (χ2v) is 6.28. The highest BCUT2D eigenvalue weighted by atomic mass is 16.5. The molecule has 1 amide bonds. The molecule has 142 valence electrons. The smallest absolute Gasteiger partial charge is 0.337 e. The maximum absolute atomic E-state index is 12.4. The summed E-state index contributed by atoms with van der Waals surface area (Å²) in [6.45, 7) is 5.43. The quantitative estimate of drug-likeness (QED) is 0.787. The molecule has 1 aliphatic rings. The number of ether oxygens (including phenoxy) is 3. The molecule has 1 aliphatic heterocycles. The normalized spacial score (nSPS) is 20.3. The number of anilines is 1. The van der Waals surface area contributed by atoms with Gasteiger partial charge >= 0.3 is 11.9 Å². The summed E-state index contributed by atoms with van der Waals surface area (Å²) in [7, 11) is 2.48. The third-order valence-electron chi connectivity index (χ3n) is 3.92. The monoisotopic (exact) mass is 364 g/mol. The first kappa shape index (κ1) is 19.9.